The van der Waals surface area contributed by atoms with Crippen LogP contribution < -0.4 is 4.90 Å². The second kappa shape index (κ2) is 6.38. The van der Waals surface area contributed by atoms with Crippen LogP contribution in [0.4, 0.5) is 5.69 Å². The third-order valence-electron chi connectivity index (χ3n) is 4.62. The van der Waals surface area contributed by atoms with E-state index < -0.39 is 12.0 Å². The number of hydrogen-bond donors (Lipinski definition) is 1. The molecule has 1 aromatic carbocycles. The standard InChI is InChI=1S/C17H22N2O3/c20-16(19-11-3-4-15(19)17(21)22)12-13-5-7-14(8-6-13)18-9-1-2-10-18/h5-8,15H,1-4,9-12H2,(H,21,22)/t15-/m1/s1. The Kier molecular flexibility index (Phi) is 4.32. The van der Waals surface area contributed by atoms with E-state index in [1.807, 2.05) is 12.1 Å². The van der Waals surface area contributed by atoms with Crippen molar-refractivity contribution >= 4 is 17.6 Å². The van der Waals surface area contributed by atoms with E-state index in [-0.39, 0.29) is 12.3 Å². The van der Waals surface area contributed by atoms with E-state index in [1.165, 1.54) is 23.4 Å². The Morgan fingerprint density at radius 3 is 2.36 bits per heavy atom. The Hall–Kier alpha value is -2.04. The van der Waals surface area contributed by atoms with Crippen LogP contribution in [0.5, 0.6) is 0 Å². The van der Waals surface area contributed by atoms with Crippen molar-refractivity contribution in [3.63, 3.8) is 0 Å². The zero-order valence-corrected chi connectivity index (χ0v) is 12.7. The van der Waals surface area contributed by atoms with E-state index in [1.54, 1.807) is 0 Å². The lowest BCUT2D eigenvalue weighted by Gasteiger charge is -2.22. The smallest absolute Gasteiger partial charge is 0.326 e. The minimum Gasteiger partial charge on any atom is -0.480 e. The number of carboxylic acid groups (broad SMARTS) is 1. The lowest BCUT2D eigenvalue weighted by Crippen LogP contribution is -2.41. The molecule has 5 nitrogen and oxygen atoms in total. The summed E-state index contributed by atoms with van der Waals surface area (Å²) in [6.07, 6.45) is 4.10. The lowest BCUT2D eigenvalue weighted by atomic mass is 10.1. The average molecular weight is 302 g/mol. The van der Waals surface area contributed by atoms with Crippen molar-refractivity contribution in [1.82, 2.24) is 4.90 Å². The zero-order chi connectivity index (χ0) is 15.5. The van der Waals surface area contributed by atoms with Crippen molar-refractivity contribution in [3.8, 4) is 0 Å². The van der Waals surface area contributed by atoms with Gasteiger partial charge < -0.3 is 14.9 Å². The van der Waals surface area contributed by atoms with Crippen LogP contribution in [0.2, 0.25) is 0 Å². The largest absolute Gasteiger partial charge is 0.480 e. The molecule has 0 bridgehead atoms. The Morgan fingerprint density at radius 2 is 1.73 bits per heavy atom. The molecule has 2 aliphatic heterocycles. The Labute approximate surface area is 130 Å². The van der Waals surface area contributed by atoms with E-state index in [4.69, 9.17) is 5.11 Å². The summed E-state index contributed by atoms with van der Waals surface area (Å²) in [5.74, 6) is -0.978. The van der Waals surface area contributed by atoms with Gasteiger partial charge in [-0.2, -0.15) is 0 Å². The van der Waals surface area contributed by atoms with Crippen molar-refractivity contribution in [1.29, 1.82) is 0 Å². The molecule has 0 radical (unpaired) electrons. The molecule has 0 aliphatic carbocycles. The Balaban J connectivity index is 1.62. The number of rotatable bonds is 4. The second-order valence-electron chi connectivity index (χ2n) is 6.12. The molecule has 1 atom stereocenters. The monoisotopic (exact) mass is 302 g/mol. The molecule has 1 aromatic rings. The maximum Gasteiger partial charge on any atom is 0.326 e. The topological polar surface area (TPSA) is 60.9 Å². The highest BCUT2D eigenvalue weighted by atomic mass is 16.4. The van der Waals surface area contributed by atoms with Crippen LogP contribution in [0, 0.1) is 0 Å². The van der Waals surface area contributed by atoms with Gasteiger partial charge in [-0.1, -0.05) is 12.1 Å². The van der Waals surface area contributed by atoms with E-state index in [9.17, 15) is 9.59 Å². The van der Waals surface area contributed by atoms with Gasteiger partial charge >= 0.3 is 5.97 Å². The van der Waals surface area contributed by atoms with Crippen molar-refractivity contribution in [2.45, 2.75) is 38.1 Å². The third-order valence-corrected chi connectivity index (χ3v) is 4.62. The first-order valence-corrected chi connectivity index (χ1v) is 8.01. The van der Waals surface area contributed by atoms with E-state index >= 15 is 0 Å². The van der Waals surface area contributed by atoms with Crippen LogP contribution in [-0.4, -0.2) is 47.6 Å². The number of likely N-dealkylation sites (tertiary alicyclic amines) is 1. The number of benzene rings is 1. The number of nitrogens with zero attached hydrogens (tertiary/aromatic N) is 2. The third kappa shape index (κ3) is 3.08. The maximum atomic E-state index is 12.3. The van der Waals surface area contributed by atoms with Crippen LogP contribution in [0.1, 0.15) is 31.2 Å². The van der Waals surface area contributed by atoms with Gasteiger partial charge in [0.05, 0.1) is 6.42 Å². The molecule has 0 unspecified atom stereocenters. The fourth-order valence-electron chi connectivity index (χ4n) is 3.40. The molecule has 2 fully saturated rings. The molecule has 1 amide bonds. The second-order valence-corrected chi connectivity index (χ2v) is 6.12. The molecule has 1 N–H and O–H groups in total. The SMILES string of the molecule is O=C(O)[C@H]1CCCN1C(=O)Cc1ccc(N2CCCC2)cc1. The highest BCUT2D eigenvalue weighted by molar-refractivity contribution is 5.85. The molecule has 0 saturated carbocycles. The predicted molar refractivity (Wildman–Crippen MR) is 84.0 cm³/mol. The summed E-state index contributed by atoms with van der Waals surface area (Å²) in [6, 6.07) is 7.45. The summed E-state index contributed by atoms with van der Waals surface area (Å²) in [5.41, 5.74) is 2.15. The molecule has 2 heterocycles. The number of amides is 1. The first kappa shape index (κ1) is 14.9. The lowest BCUT2D eigenvalue weighted by molar-refractivity contribution is -0.148. The normalized spacial score (nSPS) is 21.4. The molecule has 0 spiro atoms. The number of aliphatic carboxylic acids is 1. The van der Waals surface area contributed by atoms with Crippen molar-refractivity contribution in [2.24, 2.45) is 0 Å². The first-order chi connectivity index (χ1) is 10.6. The summed E-state index contributed by atoms with van der Waals surface area (Å²) >= 11 is 0. The van der Waals surface area contributed by atoms with E-state index in [2.05, 4.69) is 17.0 Å². The van der Waals surface area contributed by atoms with Crippen molar-refractivity contribution < 1.29 is 14.7 Å². The van der Waals surface area contributed by atoms with Gasteiger partial charge in [0, 0.05) is 25.3 Å². The first-order valence-electron chi connectivity index (χ1n) is 8.01. The molecule has 2 saturated heterocycles. The molecule has 5 heteroatoms. The van der Waals surface area contributed by atoms with Crippen molar-refractivity contribution in [3.05, 3.63) is 29.8 Å². The van der Waals surface area contributed by atoms with Crippen molar-refractivity contribution in [2.75, 3.05) is 24.5 Å². The number of carboxylic acids is 1. The summed E-state index contributed by atoms with van der Waals surface area (Å²) < 4.78 is 0. The van der Waals surface area contributed by atoms with Crippen LogP contribution in [0.25, 0.3) is 0 Å². The number of hydrogen-bond acceptors (Lipinski definition) is 3. The molecule has 0 aromatic heterocycles. The fourth-order valence-corrected chi connectivity index (χ4v) is 3.40. The zero-order valence-electron chi connectivity index (χ0n) is 12.7. The highest BCUT2D eigenvalue weighted by Crippen LogP contribution is 2.22. The summed E-state index contributed by atoms with van der Waals surface area (Å²) in [5, 5.41) is 9.16. The number of carbonyl (C=O) groups is 2. The van der Waals surface area contributed by atoms with Gasteiger partial charge in [-0.05, 0) is 43.4 Å². The van der Waals surface area contributed by atoms with E-state index in [0.29, 0.717) is 13.0 Å². The molecular weight excluding hydrogens is 280 g/mol. The molecule has 118 valence electrons. The Morgan fingerprint density at radius 1 is 1.05 bits per heavy atom. The molecule has 22 heavy (non-hydrogen) atoms. The van der Waals surface area contributed by atoms with Gasteiger partial charge in [0.25, 0.3) is 0 Å². The van der Waals surface area contributed by atoms with Gasteiger partial charge in [0.1, 0.15) is 6.04 Å². The van der Waals surface area contributed by atoms with Gasteiger partial charge in [-0.25, -0.2) is 4.79 Å². The molecule has 2 aliphatic rings. The predicted octanol–water partition coefficient (Wildman–Crippen LogP) is 1.90. The molecule has 3 rings (SSSR count). The van der Waals surface area contributed by atoms with E-state index in [0.717, 1.165) is 25.1 Å². The highest BCUT2D eigenvalue weighted by Gasteiger charge is 2.33. The fraction of sp³-hybridized carbons (Fsp3) is 0.529. The molecular formula is C17H22N2O3. The van der Waals surface area contributed by atoms with Gasteiger partial charge in [-0.3, -0.25) is 4.79 Å². The summed E-state index contributed by atoms with van der Waals surface area (Å²) in [6.45, 7) is 2.76. The van der Waals surface area contributed by atoms with Crippen LogP contribution >= 0.6 is 0 Å². The Bertz CT molecular complexity index is 550. The van der Waals surface area contributed by atoms with Gasteiger partial charge in [0.15, 0.2) is 0 Å². The number of anilines is 1. The van der Waals surface area contributed by atoms with Gasteiger partial charge in [-0.15, -0.1) is 0 Å². The van der Waals surface area contributed by atoms with Crippen LogP contribution in [-0.2, 0) is 16.0 Å². The van der Waals surface area contributed by atoms with Gasteiger partial charge in [0.2, 0.25) is 5.91 Å². The van der Waals surface area contributed by atoms with Crippen LogP contribution in [0.15, 0.2) is 24.3 Å². The maximum absolute atomic E-state index is 12.3. The summed E-state index contributed by atoms with van der Waals surface area (Å²) in [4.78, 5) is 27.3. The minimum atomic E-state index is -0.893. The number of carbonyl (C=O) groups excluding carboxylic acids is 1. The van der Waals surface area contributed by atoms with Crippen LogP contribution in [0.3, 0.4) is 0 Å². The minimum absolute atomic E-state index is 0.0844. The quantitative estimate of drug-likeness (QED) is 0.923. The summed E-state index contributed by atoms with van der Waals surface area (Å²) in [7, 11) is 0. The average Bonchev–Trinajstić information content (AvgIpc) is 3.19.